The number of aromatic nitrogens is 2. The zero-order valence-corrected chi connectivity index (χ0v) is 12.2. The Labute approximate surface area is 127 Å². The van der Waals surface area contributed by atoms with Gasteiger partial charge in [-0.15, -0.1) is 0 Å². The van der Waals surface area contributed by atoms with Crippen molar-refractivity contribution >= 4 is 5.91 Å². The number of rotatable bonds is 6. The van der Waals surface area contributed by atoms with Crippen LogP contribution in [0.15, 0.2) is 42.7 Å². The lowest BCUT2D eigenvalue weighted by atomic mass is 10.0. The van der Waals surface area contributed by atoms with Crippen LogP contribution in [0.25, 0.3) is 0 Å². The predicted molar refractivity (Wildman–Crippen MR) is 77.9 cm³/mol. The van der Waals surface area contributed by atoms with Crippen LogP contribution in [0.1, 0.15) is 30.4 Å². The molecule has 0 saturated carbocycles. The fraction of sp³-hybridized carbons (Fsp3) is 0.333. The summed E-state index contributed by atoms with van der Waals surface area (Å²) in [5.41, 5.74) is 6.86. The Morgan fingerprint density at radius 3 is 2.68 bits per heavy atom. The van der Waals surface area contributed by atoms with E-state index in [2.05, 4.69) is 4.98 Å². The van der Waals surface area contributed by atoms with Crippen molar-refractivity contribution in [3.05, 3.63) is 54.1 Å². The van der Waals surface area contributed by atoms with Crippen LogP contribution in [0.2, 0.25) is 0 Å². The van der Waals surface area contributed by atoms with Crippen molar-refractivity contribution in [2.75, 3.05) is 7.05 Å². The van der Waals surface area contributed by atoms with Gasteiger partial charge in [0, 0.05) is 31.9 Å². The summed E-state index contributed by atoms with van der Waals surface area (Å²) >= 11 is 0. The zero-order valence-electron chi connectivity index (χ0n) is 12.2. The predicted octanol–water partition coefficient (Wildman–Crippen LogP) is 2.33. The fourth-order valence-corrected chi connectivity index (χ4v) is 2.11. The molecule has 118 valence electrons. The summed E-state index contributed by atoms with van der Waals surface area (Å²) in [6.45, 7) is -2.66. The maximum absolute atomic E-state index is 12.7. The summed E-state index contributed by atoms with van der Waals surface area (Å²) in [4.78, 5) is 17.4. The number of carbonyl (C=O) groups is 1. The van der Waals surface area contributed by atoms with Gasteiger partial charge in [-0.25, -0.2) is 4.98 Å². The molecule has 22 heavy (non-hydrogen) atoms. The molecule has 1 heterocycles. The molecule has 0 aliphatic heterocycles. The third-order valence-electron chi connectivity index (χ3n) is 3.39. The highest BCUT2D eigenvalue weighted by Gasteiger charge is 2.18. The van der Waals surface area contributed by atoms with Crippen molar-refractivity contribution < 1.29 is 13.6 Å². The summed E-state index contributed by atoms with van der Waals surface area (Å²) < 4.78 is 26.2. The molecular formula is C15H18F2N4O. The minimum atomic E-state index is -2.67. The topological polar surface area (TPSA) is 64.2 Å². The molecule has 0 fully saturated rings. The molecule has 0 spiro atoms. The lowest BCUT2D eigenvalue weighted by Gasteiger charge is -2.20. The standard InChI is InChI=1S/C15H18F2N4O/c1-20(10-13-19-7-8-21(13)15(16)17)14(22)9-12(18)11-5-3-2-4-6-11/h2-8,12,15H,9-10,18H2,1H3. The normalized spacial score (nSPS) is 12.4. The van der Waals surface area contributed by atoms with Gasteiger partial charge in [0.05, 0.1) is 6.54 Å². The van der Waals surface area contributed by atoms with Gasteiger partial charge in [0.2, 0.25) is 5.91 Å². The first kappa shape index (κ1) is 16.1. The smallest absolute Gasteiger partial charge is 0.319 e. The van der Waals surface area contributed by atoms with E-state index in [9.17, 15) is 13.6 Å². The van der Waals surface area contributed by atoms with Gasteiger partial charge in [0.25, 0.3) is 0 Å². The van der Waals surface area contributed by atoms with Gasteiger partial charge in [-0.3, -0.25) is 9.36 Å². The third-order valence-corrected chi connectivity index (χ3v) is 3.39. The van der Waals surface area contributed by atoms with Crippen molar-refractivity contribution in [3.8, 4) is 0 Å². The maximum Gasteiger partial charge on any atom is 0.319 e. The Hall–Kier alpha value is -2.28. The van der Waals surface area contributed by atoms with Crippen molar-refractivity contribution in [1.82, 2.24) is 14.5 Å². The Morgan fingerprint density at radius 1 is 1.36 bits per heavy atom. The van der Waals surface area contributed by atoms with Crippen LogP contribution in [0, 0.1) is 0 Å². The monoisotopic (exact) mass is 308 g/mol. The molecule has 2 aromatic rings. The summed E-state index contributed by atoms with van der Waals surface area (Å²) in [6, 6.07) is 8.84. The molecule has 0 aliphatic rings. The van der Waals surface area contributed by atoms with E-state index in [0.29, 0.717) is 0 Å². The number of nitrogens with zero attached hydrogens (tertiary/aromatic N) is 3. The van der Waals surface area contributed by atoms with Gasteiger partial charge >= 0.3 is 6.55 Å². The average molecular weight is 308 g/mol. The van der Waals surface area contributed by atoms with Gasteiger partial charge in [-0.2, -0.15) is 8.78 Å². The van der Waals surface area contributed by atoms with E-state index in [0.717, 1.165) is 10.1 Å². The minimum absolute atomic E-state index is 0.0116. The minimum Gasteiger partial charge on any atom is -0.338 e. The second kappa shape index (κ2) is 7.13. The highest BCUT2D eigenvalue weighted by molar-refractivity contribution is 5.76. The molecule has 0 saturated heterocycles. The molecule has 0 aliphatic carbocycles. The summed E-state index contributed by atoms with van der Waals surface area (Å²) in [5, 5.41) is 0. The van der Waals surface area contributed by atoms with E-state index < -0.39 is 12.6 Å². The number of carbonyl (C=O) groups excluding carboxylic acids is 1. The van der Waals surface area contributed by atoms with Gasteiger partial charge < -0.3 is 10.6 Å². The maximum atomic E-state index is 12.7. The van der Waals surface area contributed by atoms with Gasteiger partial charge in [-0.05, 0) is 5.56 Å². The van der Waals surface area contributed by atoms with Crippen LogP contribution in [-0.4, -0.2) is 27.4 Å². The third kappa shape index (κ3) is 3.88. The zero-order chi connectivity index (χ0) is 16.1. The molecule has 1 amide bonds. The lowest BCUT2D eigenvalue weighted by Crippen LogP contribution is -2.30. The van der Waals surface area contributed by atoms with Crippen LogP contribution in [0.5, 0.6) is 0 Å². The number of imidazole rings is 1. The Morgan fingerprint density at radius 2 is 2.05 bits per heavy atom. The lowest BCUT2D eigenvalue weighted by molar-refractivity contribution is -0.131. The van der Waals surface area contributed by atoms with E-state index >= 15 is 0 Å². The quantitative estimate of drug-likeness (QED) is 0.891. The van der Waals surface area contributed by atoms with E-state index in [1.165, 1.54) is 17.3 Å². The number of hydrogen-bond acceptors (Lipinski definition) is 3. The van der Waals surface area contributed by atoms with E-state index in [4.69, 9.17) is 5.73 Å². The molecule has 1 aromatic carbocycles. The molecule has 2 rings (SSSR count). The number of halogens is 2. The van der Waals surface area contributed by atoms with Gasteiger partial charge in [-0.1, -0.05) is 30.3 Å². The summed E-state index contributed by atoms with van der Waals surface area (Å²) in [6.07, 6.45) is 2.58. The van der Waals surface area contributed by atoms with Crippen molar-refractivity contribution in [2.24, 2.45) is 5.73 Å². The largest absolute Gasteiger partial charge is 0.338 e. The number of benzene rings is 1. The van der Waals surface area contributed by atoms with Crippen LogP contribution < -0.4 is 5.73 Å². The van der Waals surface area contributed by atoms with Crippen molar-refractivity contribution in [1.29, 1.82) is 0 Å². The Kier molecular flexibility index (Phi) is 5.21. The van der Waals surface area contributed by atoms with Crippen LogP contribution >= 0.6 is 0 Å². The SMILES string of the molecule is CN(Cc1nccn1C(F)F)C(=O)CC(N)c1ccccc1. The molecule has 7 heteroatoms. The summed E-state index contributed by atoms with van der Waals surface area (Å²) in [5.74, 6) is -0.0840. The Bertz CT molecular complexity index is 615. The first-order valence-electron chi connectivity index (χ1n) is 6.83. The average Bonchev–Trinajstić information content (AvgIpc) is 2.96. The molecule has 0 bridgehead atoms. The molecule has 5 nitrogen and oxygen atoms in total. The van der Waals surface area contributed by atoms with Crippen LogP contribution in [0.3, 0.4) is 0 Å². The Balaban J connectivity index is 1.96. The molecule has 2 N–H and O–H groups in total. The fourth-order valence-electron chi connectivity index (χ4n) is 2.11. The summed E-state index contributed by atoms with van der Waals surface area (Å²) in [7, 11) is 1.55. The molecule has 0 radical (unpaired) electrons. The van der Waals surface area contributed by atoms with Gasteiger partial charge in [0.15, 0.2) is 0 Å². The van der Waals surface area contributed by atoms with Crippen LogP contribution in [-0.2, 0) is 11.3 Å². The first-order valence-corrected chi connectivity index (χ1v) is 6.83. The molecule has 1 unspecified atom stereocenters. The number of alkyl halides is 2. The van der Waals surface area contributed by atoms with Crippen LogP contribution in [0.4, 0.5) is 8.78 Å². The number of amides is 1. The second-order valence-corrected chi connectivity index (χ2v) is 5.00. The second-order valence-electron chi connectivity index (χ2n) is 5.00. The number of nitrogens with two attached hydrogens (primary N) is 1. The van der Waals surface area contributed by atoms with E-state index in [1.54, 1.807) is 7.05 Å². The molecule has 1 aromatic heterocycles. The molecular weight excluding hydrogens is 290 g/mol. The van der Waals surface area contributed by atoms with Gasteiger partial charge in [0.1, 0.15) is 5.82 Å². The van der Waals surface area contributed by atoms with E-state index in [-0.39, 0.29) is 24.7 Å². The molecule has 1 atom stereocenters. The first-order chi connectivity index (χ1) is 10.5. The highest BCUT2D eigenvalue weighted by Crippen LogP contribution is 2.17. The van der Waals surface area contributed by atoms with E-state index in [1.807, 2.05) is 30.3 Å². The van der Waals surface area contributed by atoms with Crippen molar-refractivity contribution in [3.63, 3.8) is 0 Å². The number of hydrogen-bond donors (Lipinski definition) is 1. The highest BCUT2D eigenvalue weighted by atomic mass is 19.3. The van der Waals surface area contributed by atoms with Crippen molar-refractivity contribution in [2.45, 2.75) is 25.6 Å².